The molecule has 0 aliphatic heterocycles. The Labute approximate surface area is 248 Å². The quantitative estimate of drug-likeness (QED) is 0.263. The highest BCUT2D eigenvalue weighted by Gasteiger charge is 2.46. The molecular formula is C31H29ClF2N4O3S. The number of rotatable bonds is 8. The highest BCUT2D eigenvalue weighted by Crippen LogP contribution is 2.49. The van der Waals surface area contributed by atoms with Gasteiger partial charge in [0.25, 0.3) is 0 Å². The Balaban J connectivity index is 1.31. The largest absolute Gasteiger partial charge is 0.337 e. The maximum Gasteiger partial charge on any atom is 0.241 e. The molecule has 7 nitrogen and oxygen atoms in total. The van der Waals surface area contributed by atoms with Crippen molar-refractivity contribution in [3.05, 3.63) is 112 Å². The first-order chi connectivity index (χ1) is 20.1. The lowest BCUT2D eigenvalue weighted by molar-refractivity contribution is -0.120. The molecule has 1 saturated carbocycles. The lowest BCUT2D eigenvalue weighted by Crippen LogP contribution is -2.34. The molecule has 3 atom stereocenters. The summed E-state index contributed by atoms with van der Waals surface area (Å²) in [6.07, 6.45) is 6.27. The van der Waals surface area contributed by atoms with Gasteiger partial charge in [-0.05, 0) is 90.8 Å². The van der Waals surface area contributed by atoms with Crippen LogP contribution in [0.3, 0.4) is 0 Å². The minimum atomic E-state index is -4.00. The van der Waals surface area contributed by atoms with Crippen molar-refractivity contribution in [2.24, 2.45) is 13.0 Å². The third-order valence-electron chi connectivity index (χ3n) is 8.15. The van der Waals surface area contributed by atoms with E-state index in [2.05, 4.69) is 9.71 Å². The SMILES string of the molecule is Cn1ccnc1CN(C(=O)[C@H]1C[C@@H]1c1ccc(F)cc1)c1ccc2c(c1)[C@@H](NS(=O)(=O)c1ccc(F)c(Cl)c1)CCC2. The Morgan fingerprint density at radius 1 is 1.12 bits per heavy atom. The number of hydrogen-bond acceptors (Lipinski definition) is 4. The number of hydrogen-bond donors (Lipinski definition) is 1. The van der Waals surface area contributed by atoms with Gasteiger partial charge in [-0.25, -0.2) is 26.9 Å². The zero-order chi connectivity index (χ0) is 29.6. The molecule has 2 aliphatic carbocycles. The lowest BCUT2D eigenvalue weighted by atomic mass is 9.87. The molecule has 6 rings (SSSR count). The summed E-state index contributed by atoms with van der Waals surface area (Å²) in [6, 6.07) is 14.8. The van der Waals surface area contributed by atoms with Crippen LogP contribution in [0.4, 0.5) is 14.5 Å². The molecule has 0 radical (unpaired) electrons. The summed E-state index contributed by atoms with van der Waals surface area (Å²) >= 11 is 5.86. The van der Waals surface area contributed by atoms with E-state index in [1.54, 1.807) is 23.2 Å². The van der Waals surface area contributed by atoms with Crippen LogP contribution in [-0.4, -0.2) is 23.9 Å². The summed E-state index contributed by atoms with van der Waals surface area (Å²) in [5.41, 5.74) is 3.35. The van der Waals surface area contributed by atoms with Crippen molar-refractivity contribution in [2.75, 3.05) is 4.90 Å². The third-order valence-corrected chi connectivity index (χ3v) is 9.91. The fourth-order valence-electron chi connectivity index (χ4n) is 5.71. The second kappa shape index (κ2) is 11.2. The van der Waals surface area contributed by atoms with Crippen molar-refractivity contribution in [2.45, 2.75) is 49.1 Å². The van der Waals surface area contributed by atoms with Gasteiger partial charge in [0, 0.05) is 37.1 Å². The number of aryl methyl sites for hydroxylation is 2. The Morgan fingerprint density at radius 3 is 2.62 bits per heavy atom. The van der Waals surface area contributed by atoms with E-state index in [9.17, 15) is 22.0 Å². The second-order valence-corrected chi connectivity index (χ2v) is 13.0. The molecule has 1 N–H and O–H groups in total. The lowest BCUT2D eigenvalue weighted by Gasteiger charge is -2.29. The van der Waals surface area contributed by atoms with Gasteiger partial charge in [0.2, 0.25) is 15.9 Å². The summed E-state index contributed by atoms with van der Waals surface area (Å²) in [4.78, 5) is 20.0. The first kappa shape index (κ1) is 28.5. The minimum Gasteiger partial charge on any atom is -0.337 e. The monoisotopic (exact) mass is 610 g/mol. The topological polar surface area (TPSA) is 84.3 Å². The van der Waals surface area contributed by atoms with Crippen LogP contribution in [0.25, 0.3) is 0 Å². The number of aromatic nitrogens is 2. The maximum absolute atomic E-state index is 14.0. The van der Waals surface area contributed by atoms with E-state index in [1.165, 1.54) is 18.2 Å². The summed E-state index contributed by atoms with van der Waals surface area (Å²) in [7, 11) is -2.14. The number of fused-ring (bicyclic) bond motifs is 1. The molecule has 0 unspecified atom stereocenters. The van der Waals surface area contributed by atoms with E-state index in [4.69, 9.17) is 11.6 Å². The molecule has 1 aromatic heterocycles. The fourth-order valence-corrected chi connectivity index (χ4v) is 7.23. The maximum atomic E-state index is 14.0. The van der Waals surface area contributed by atoms with Gasteiger partial charge in [0.15, 0.2) is 0 Å². The second-order valence-electron chi connectivity index (χ2n) is 10.9. The summed E-state index contributed by atoms with van der Waals surface area (Å²) in [5, 5.41) is -0.272. The number of carbonyl (C=O) groups excluding carboxylic acids is 1. The predicted octanol–water partition coefficient (Wildman–Crippen LogP) is 6.04. The van der Waals surface area contributed by atoms with Gasteiger partial charge in [0.1, 0.15) is 17.5 Å². The van der Waals surface area contributed by atoms with E-state index in [1.807, 2.05) is 36.0 Å². The summed E-state index contributed by atoms with van der Waals surface area (Å²) < 4.78 is 58.3. The van der Waals surface area contributed by atoms with E-state index in [-0.39, 0.29) is 40.0 Å². The van der Waals surface area contributed by atoms with Gasteiger partial charge in [0.05, 0.1) is 16.5 Å². The minimum absolute atomic E-state index is 0.00156. The van der Waals surface area contributed by atoms with Crippen LogP contribution < -0.4 is 9.62 Å². The number of amides is 1. The number of sulfonamides is 1. The molecule has 0 bridgehead atoms. The molecule has 1 amide bonds. The highest BCUT2D eigenvalue weighted by molar-refractivity contribution is 7.89. The van der Waals surface area contributed by atoms with Crippen LogP contribution in [-0.2, 0) is 34.8 Å². The van der Waals surface area contributed by atoms with Gasteiger partial charge in [-0.1, -0.05) is 29.8 Å². The molecule has 0 saturated heterocycles. The van der Waals surface area contributed by atoms with Crippen LogP contribution in [0.15, 0.2) is 78.0 Å². The highest BCUT2D eigenvalue weighted by atomic mass is 35.5. The van der Waals surface area contributed by atoms with Gasteiger partial charge < -0.3 is 9.47 Å². The van der Waals surface area contributed by atoms with Gasteiger partial charge >= 0.3 is 0 Å². The van der Waals surface area contributed by atoms with Crippen molar-refractivity contribution in [1.82, 2.24) is 14.3 Å². The van der Waals surface area contributed by atoms with Gasteiger partial charge in [-0.2, -0.15) is 0 Å². The molecule has 11 heteroatoms. The molecule has 218 valence electrons. The van der Waals surface area contributed by atoms with Gasteiger partial charge in [-0.3, -0.25) is 4.79 Å². The molecule has 0 spiro atoms. The average Bonchev–Trinajstić information content (AvgIpc) is 3.67. The van der Waals surface area contributed by atoms with E-state index < -0.39 is 21.9 Å². The Bertz CT molecular complexity index is 1760. The predicted molar refractivity (Wildman–Crippen MR) is 155 cm³/mol. The molecule has 1 fully saturated rings. The smallest absolute Gasteiger partial charge is 0.241 e. The number of halogens is 3. The first-order valence-corrected chi connectivity index (χ1v) is 15.6. The molecule has 2 aliphatic rings. The Hall–Kier alpha value is -3.60. The number of carbonyl (C=O) groups is 1. The van der Waals surface area contributed by atoms with Gasteiger partial charge in [-0.15, -0.1) is 0 Å². The zero-order valence-corrected chi connectivity index (χ0v) is 24.4. The number of anilines is 1. The van der Waals surface area contributed by atoms with Crippen LogP contribution in [0.2, 0.25) is 5.02 Å². The van der Waals surface area contributed by atoms with Crippen molar-refractivity contribution in [3.8, 4) is 0 Å². The van der Waals surface area contributed by atoms with Crippen molar-refractivity contribution in [3.63, 3.8) is 0 Å². The number of imidazole rings is 1. The molecule has 1 heterocycles. The number of nitrogens with one attached hydrogen (secondary N) is 1. The first-order valence-electron chi connectivity index (χ1n) is 13.7. The van der Waals surface area contributed by atoms with Crippen molar-refractivity contribution >= 4 is 33.2 Å². The van der Waals surface area contributed by atoms with Crippen molar-refractivity contribution < 1.29 is 22.0 Å². The number of benzene rings is 3. The molecular weight excluding hydrogens is 582 g/mol. The zero-order valence-electron chi connectivity index (χ0n) is 22.8. The number of nitrogens with zero attached hydrogens (tertiary/aromatic N) is 3. The van der Waals surface area contributed by atoms with Crippen LogP contribution in [0.1, 0.15) is 53.7 Å². The summed E-state index contributed by atoms with van der Waals surface area (Å²) in [5.74, 6) is -0.642. The average molecular weight is 611 g/mol. The van der Waals surface area contributed by atoms with Crippen LogP contribution in [0, 0.1) is 17.6 Å². The third kappa shape index (κ3) is 5.71. The molecule has 4 aromatic rings. The van der Waals surface area contributed by atoms with Crippen LogP contribution in [0.5, 0.6) is 0 Å². The van der Waals surface area contributed by atoms with Crippen LogP contribution >= 0.6 is 11.6 Å². The molecule has 42 heavy (non-hydrogen) atoms. The molecule has 3 aromatic carbocycles. The van der Waals surface area contributed by atoms with Crippen molar-refractivity contribution in [1.29, 1.82) is 0 Å². The Morgan fingerprint density at radius 2 is 1.90 bits per heavy atom. The normalized spacial score (nSPS) is 19.8. The summed E-state index contributed by atoms with van der Waals surface area (Å²) in [6.45, 7) is 0.234. The van der Waals surface area contributed by atoms with E-state index in [0.717, 1.165) is 41.7 Å². The standard InChI is InChI=1S/C31H29ClF2N4O3S/c1-37-14-13-35-30(37)18-38(31(39)26-17-24(26)20-5-8-21(33)9-6-20)22-10-7-19-3-2-4-29(25(19)15-22)36-42(40,41)23-11-12-28(34)27(32)16-23/h5-16,24,26,29,36H,2-4,17-18H2,1H3/t24-,26+,29+/m1/s1. The van der Waals surface area contributed by atoms with E-state index in [0.29, 0.717) is 24.4 Å². The Kier molecular flexibility index (Phi) is 7.63. The van der Waals surface area contributed by atoms with E-state index >= 15 is 0 Å². The fraction of sp³-hybridized carbons (Fsp3) is 0.290.